The second-order valence-corrected chi connectivity index (χ2v) is 7.67. The van der Waals surface area contributed by atoms with Gasteiger partial charge in [-0.2, -0.15) is 0 Å². The quantitative estimate of drug-likeness (QED) is 0.420. The van der Waals surface area contributed by atoms with Crippen molar-refractivity contribution < 1.29 is 18.3 Å². The molecule has 156 valence electrons. The number of anilines is 1. The largest absolute Gasteiger partial charge is 0.435 e. The van der Waals surface area contributed by atoms with Gasteiger partial charge in [0, 0.05) is 11.8 Å². The lowest BCUT2D eigenvalue weighted by atomic mass is 10.1. The maximum absolute atomic E-state index is 14.5. The first-order chi connectivity index (χ1) is 15.0. The standard InChI is InChI=1S/C21H14F2N4O2S2/c22-13-3-1-12(2-4-13)9-18(28)27-21(30)26-14-5-6-17(16(23)10-14)29-19-15-7-8-31-20(15)25-11-24-19/h1-8,10-11H,9H2,(H2,26,27,28,30). The van der Waals surface area contributed by atoms with E-state index >= 15 is 0 Å². The summed E-state index contributed by atoms with van der Waals surface area (Å²) < 4.78 is 33.1. The smallest absolute Gasteiger partial charge is 0.231 e. The molecule has 0 atom stereocenters. The van der Waals surface area contributed by atoms with Crippen LogP contribution in [0.2, 0.25) is 0 Å². The maximum atomic E-state index is 14.5. The predicted octanol–water partition coefficient (Wildman–Crippen LogP) is 4.82. The van der Waals surface area contributed by atoms with Gasteiger partial charge in [-0.1, -0.05) is 12.1 Å². The van der Waals surface area contributed by atoms with Gasteiger partial charge in [-0.05, 0) is 53.5 Å². The van der Waals surface area contributed by atoms with E-state index < -0.39 is 5.82 Å². The number of nitrogens with zero attached hydrogens (tertiary/aromatic N) is 2. The van der Waals surface area contributed by atoms with E-state index in [1.165, 1.54) is 54.1 Å². The van der Waals surface area contributed by atoms with Crippen LogP contribution in [0, 0.1) is 11.6 Å². The highest BCUT2D eigenvalue weighted by molar-refractivity contribution is 7.80. The minimum Gasteiger partial charge on any atom is -0.435 e. The van der Waals surface area contributed by atoms with Crippen molar-refractivity contribution in [2.24, 2.45) is 0 Å². The number of halogens is 2. The molecule has 0 fully saturated rings. The molecule has 0 aliphatic carbocycles. The molecule has 0 spiro atoms. The zero-order chi connectivity index (χ0) is 21.8. The molecule has 0 bridgehead atoms. The molecule has 0 aliphatic heterocycles. The van der Waals surface area contributed by atoms with E-state index in [1.54, 1.807) is 12.1 Å². The second-order valence-electron chi connectivity index (χ2n) is 6.37. The van der Waals surface area contributed by atoms with E-state index in [2.05, 4.69) is 20.6 Å². The number of thiocarbonyl (C=S) groups is 1. The first kappa shape index (κ1) is 20.8. The summed E-state index contributed by atoms with van der Waals surface area (Å²) in [5.41, 5.74) is 0.971. The lowest BCUT2D eigenvalue weighted by Gasteiger charge is -2.11. The topological polar surface area (TPSA) is 76.1 Å². The lowest BCUT2D eigenvalue weighted by Crippen LogP contribution is -2.35. The number of fused-ring (bicyclic) bond motifs is 1. The minimum atomic E-state index is -0.632. The molecule has 2 aromatic heterocycles. The Morgan fingerprint density at radius 2 is 1.90 bits per heavy atom. The Kier molecular flexibility index (Phi) is 6.10. The van der Waals surface area contributed by atoms with Crippen LogP contribution in [0.3, 0.4) is 0 Å². The molecule has 2 heterocycles. The Balaban J connectivity index is 1.37. The Morgan fingerprint density at radius 3 is 2.68 bits per heavy atom. The van der Waals surface area contributed by atoms with Gasteiger partial charge in [-0.25, -0.2) is 18.7 Å². The molecular weight excluding hydrogens is 442 g/mol. The van der Waals surface area contributed by atoms with Crippen molar-refractivity contribution in [1.29, 1.82) is 0 Å². The van der Waals surface area contributed by atoms with E-state index in [-0.39, 0.29) is 34.9 Å². The third-order valence-electron chi connectivity index (χ3n) is 4.15. The highest BCUT2D eigenvalue weighted by Gasteiger charge is 2.12. The number of ether oxygens (including phenoxy) is 1. The molecule has 31 heavy (non-hydrogen) atoms. The summed E-state index contributed by atoms with van der Waals surface area (Å²) in [6.07, 6.45) is 1.38. The zero-order valence-electron chi connectivity index (χ0n) is 15.8. The van der Waals surface area contributed by atoms with E-state index in [9.17, 15) is 13.6 Å². The molecule has 0 saturated carbocycles. The summed E-state index contributed by atoms with van der Waals surface area (Å²) in [6.45, 7) is 0. The summed E-state index contributed by atoms with van der Waals surface area (Å²) in [5, 5.41) is 7.80. The van der Waals surface area contributed by atoms with Crippen molar-refractivity contribution >= 4 is 50.5 Å². The Labute approximate surface area is 184 Å². The molecule has 1 amide bonds. The van der Waals surface area contributed by atoms with E-state index in [0.29, 0.717) is 16.6 Å². The number of amides is 1. The maximum Gasteiger partial charge on any atom is 0.231 e. The number of hydrogen-bond acceptors (Lipinski definition) is 6. The SMILES string of the molecule is O=C(Cc1ccc(F)cc1)NC(=S)Nc1ccc(Oc2ncnc3sccc23)c(F)c1. The van der Waals surface area contributed by atoms with Crippen LogP contribution in [-0.4, -0.2) is 21.0 Å². The highest BCUT2D eigenvalue weighted by Crippen LogP contribution is 2.31. The highest BCUT2D eigenvalue weighted by atomic mass is 32.1. The molecule has 0 saturated heterocycles. The average Bonchev–Trinajstić information content (AvgIpc) is 3.21. The molecular formula is C21H14F2N4O2S2. The summed E-state index contributed by atoms with van der Waals surface area (Å²) in [4.78, 5) is 21.0. The Hall–Kier alpha value is -3.50. The Morgan fingerprint density at radius 1 is 1.10 bits per heavy atom. The number of carbonyl (C=O) groups is 1. The summed E-state index contributed by atoms with van der Waals surface area (Å²) in [5.74, 6) is -1.15. The summed E-state index contributed by atoms with van der Waals surface area (Å²) >= 11 is 6.53. The van der Waals surface area contributed by atoms with Crippen molar-refractivity contribution in [1.82, 2.24) is 15.3 Å². The van der Waals surface area contributed by atoms with Gasteiger partial charge in [-0.15, -0.1) is 11.3 Å². The first-order valence-electron chi connectivity index (χ1n) is 8.99. The van der Waals surface area contributed by atoms with Gasteiger partial charge in [-0.3, -0.25) is 4.79 Å². The normalized spacial score (nSPS) is 10.6. The third kappa shape index (κ3) is 5.16. The van der Waals surface area contributed by atoms with Crippen LogP contribution in [0.25, 0.3) is 10.2 Å². The van der Waals surface area contributed by atoms with Gasteiger partial charge in [0.25, 0.3) is 0 Å². The van der Waals surface area contributed by atoms with E-state index in [1.807, 2.05) is 5.38 Å². The van der Waals surface area contributed by atoms with Crippen LogP contribution in [0.5, 0.6) is 11.6 Å². The summed E-state index contributed by atoms with van der Waals surface area (Å²) in [6, 6.07) is 11.6. The molecule has 4 rings (SSSR count). The fourth-order valence-electron chi connectivity index (χ4n) is 2.73. The average molecular weight is 456 g/mol. The molecule has 10 heteroatoms. The van der Waals surface area contributed by atoms with Gasteiger partial charge in [0.05, 0.1) is 11.8 Å². The van der Waals surface area contributed by atoms with Gasteiger partial charge < -0.3 is 15.4 Å². The van der Waals surface area contributed by atoms with Crippen molar-refractivity contribution in [3.63, 3.8) is 0 Å². The number of benzene rings is 2. The molecule has 4 aromatic rings. The van der Waals surface area contributed by atoms with Crippen LogP contribution in [-0.2, 0) is 11.2 Å². The van der Waals surface area contributed by atoms with Crippen LogP contribution in [0.1, 0.15) is 5.56 Å². The van der Waals surface area contributed by atoms with Gasteiger partial charge in [0.15, 0.2) is 16.7 Å². The molecule has 0 radical (unpaired) electrons. The second kappa shape index (κ2) is 9.11. The minimum absolute atomic E-state index is 0.0102. The molecule has 2 N–H and O–H groups in total. The molecule has 2 aromatic carbocycles. The number of carbonyl (C=O) groups excluding carboxylic acids is 1. The van der Waals surface area contributed by atoms with Crippen LogP contribution in [0.15, 0.2) is 60.2 Å². The van der Waals surface area contributed by atoms with Crippen molar-refractivity contribution in [3.05, 3.63) is 77.4 Å². The van der Waals surface area contributed by atoms with Crippen LogP contribution < -0.4 is 15.4 Å². The number of aromatic nitrogens is 2. The van der Waals surface area contributed by atoms with Gasteiger partial charge in [0.2, 0.25) is 11.8 Å². The monoisotopic (exact) mass is 456 g/mol. The predicted molar refractivity (Wildman–Crippen MR) is 118 cm³/mol. The number of nitrogens with one attached hydrogen (secondary N) is 2. The lowest BCUT2D eigenvalue weighted by molar-refractivity contribution is -0.119. The summed E-state index contributed by atoms with van der Waals surface area (Å²) in [7, 11) is 0. The van der Waals surface area contributed by atoms with Crippen LogP contribution >= 0.6 is 23.6 Å². The van der Waals surface area contributed by atoms with Crippen LogP contribution in [0.4, 0.5) is 14.5 Å². The molecule has 6 nitrogen and oxygen atoms in total. The number of rotatable bonds is 5. The van der Waals surface area contributed by atoms with Gasteiger partial charge in [0.1, 0.15) is 17.0 Å². The fourth-order valence-corrected chi connectivity index (χ4v) is 3.69. The zero-order valence-corrected chi connectivity index (χ0v) is 17.4. The third-order valence-corrected chi connectivity index (χ3v) is 5.18. The first-order valence-corrected chi connectivity index (χ1v) is 10.3. The molecule has 0 aliphatic rings. The van der Waals surface area contributed by atoms with Gasteiger partial charge >= 0.3 is 0 Å². The number of thiophene rings is 1. The Bertz CT molecular complexity index is 1260. The van der Waals surface area contributed by atoms with Crippen molar-refractivity contribution in [2.45, 2.75) is 6.42 Å². The van der Waals surface area contributed by atoms with E-state index in [0.717, 1.165) is 4.83 Å². The van der Waals surface area contributed by atoms with Crippen molar-refractivity contribution in [2.75, 3.05) is 5.32 Å². The van der Waals surface area contributed by atoms with E-state index in [4.69, 9.17) is 17.0 Å². The molecule has 0 unspecified atom stereocenters. The fraction of sp³-hybridized carbons (Fsp3) is 0.0476. The van der Waals surface area contributed by atoms with Crippen molar-refractivity contribution in [3.8, 4) is 11.6 Å². The number of hydrogen-bond donors (Lipinski definition) is 2.